The lowest BCUT2D eigenvalue weighted by Gasteiger charge is -2.09. The predicted octanol–water partition coefficient (Wildman–Crippen LogP) is 2.02. The molecule has 0 spiro atoms. The van der Waals surface area contributed by atoms with Gasteiger partial charge in [-0.25, -0.2) is 4.68 Å². The summed E-state index contributed by atoms with van der Waals surface area (Å²) >= 11 is 0. The van der Waals surface area contributed by atoms with Crippen molar-refractivity contribution in [1.29, 1.82) is 0 Å². The van der Waals surface area contributed by atoms with Gasteiger partial charge in [-0.05, 0) is 26.7 Å². The zero-order valence-corrected chi connectivity index (χ0v) is 14.4. The summed E-state index contributed by atoms with van der Waals surface area (Å²) in [6.45, 7) is 3.33. The van der Waals surface area contributed by atoms with Gasteiger partial charge in [-0.1, -0.05) is 10.3 Å². The number of hydrogen-bond acceptors (Lipinski definition) is 7. The minimum Gasteiger partial charge on any atom is -0.360 e. The summed E-state index contributed by atoms with van der Waals surface area (Å²) in [6.07, 6.45) is 1.99. The molecule has 9 nitrogen and oxygen atoms in total. The van der Waals surface area contributed by atoms with Gasteiger partial charge in [-0.2, -0.15) is 5.10 Å². The van der Waals surface area contributed by atoms with Crippen LogP contribution >= 0.6 is 0 Å². The van der Waals surface area contributed by atoms with Crippen LogP contribution in [-0.4, -0.2) is 26.0 Å². The third kappa shape index (κ3) is 3.28. The first-order valence-corrected chi connectivity index (χ1v) is 8.28. The van der Waals surface area contributed by atoms with Gasteiger partial charge < -0.3 is 14.4 Å². The second-order valence-electron chi connectivity index (χ2n) is 6.42. The summed E-state index contributed by atoms with van der Waals surface area (Å²) in [7, 11) is 0. The molecule has 1 N–H and O–H groups in total. The van der Waals surface area contributed by atoms with Crippen molar-refractivity contribution in [1.82, 2.24) is 20.1 Å². The standard InChI is InChI=1S/C17H17N5O4/c1-9-5-13(26-20-9)12-7-16(24)22(19-17(12)11-3-4-11)8-15(23)18-14-6-10(2)25-21-14/h5-7,11H,3-4,8H2,1-2H3,(H,18,21,23). The summed E-state index contributed by atoms with van der Waals surface area (Å²) < 4.78 is 11.3. The molecule has 0 aromatic carbocycles. The molecule has 0 radical (unpaired) electrons. The van der Waals surface area contributed by atoms with Crippen molar-refractivity contribution < 1.29 is 13.8 Å². The van der Waals surface area contributed by atoms with Crippen LogP contribution in [0.5, 0.6) is 0 Å². The molecular weight excluding hydrogens is 338 g/mol. The van der Waals surface area contributed by atoms with Crippen LogP contribution < -0.4 is 10.9 Å². The van der Waals surface area contributed by atoms with Crippen molar-refractivity contribution in [2.24, 2.45) is 0 Å². The Labute approximate surface area is 148 Å². The lowest BCUT2D eigenvalue weighted by atomic mass is 10.1. The molecule has 0 bridgehead atoms. The molecule has 3 heterocycles. The van der Waals surface area contributed by atoms with E-state index in [1.807, 2.05) is 6.92 Å². The van der Waals surface area contributed by atoms with E-state index in [9.17, 15) is 9.59 Å². The number of nitrogens with one attached hydrogen (secondary N) is 1. The Morgan fingerprint density at radius 2 is 2.04 bits per heavy atom. The maximum atomic E-state index is 12.4. The van der Waals surface area contributed by atoms with Crippen LogP contribution in [0.25, 0.3) is 11.3 Å². The van der Waals surface area contributed by atoms with Crippen molar-refractivity contribution in [3.05, 3.63) is 45.7 Å². The Balaban J connectivity index is 1.61. The lowest BCUT2D eigenvalue weighted by Crippen LogP contribution is -2.30. The molecule has 0 saturated heterocycles. The molecule has 1 saturated carbocycles. The van der Waals surface area contributed by atoms with Crippen molar-refractivity contribution in [3.8, 4) is 11.3 Å². The van der Waals surface area contributed by atoms with E-state index in [-0.39, 0.29) is 18.0 Å². The Hall–Kier alpha value is -3.23. The molecular formula is C17H17N5O4. The van der Waals surface area contributed by atoms with Gasteiger partial charge in [-0.15, -0.1) is 0 Å². The van der Waals surface area contributed by atoms with E-state index in [4.69, 9.17) is 9.05 Å². The summed E-state index contributed by atoms with van der Waals surface area (Å²) in [5.41, 5.74) is 1.74. The molecule has 0 aliphatic heterocycles. The Kier molecular flexibility index (Phi) is 3.90. The molecule has 26 heavy (non-hydrogen) atoms. The first-order chi connectivity index (χ1) is 12.5. The Morgan fingerprint density at radius 3 is 2.65 bits per heavy atom. The molecule has 4 rings (SSSR count). The highest BCUT2D eigenvalue weighted by molar-refractivity contribution is 5.89. The number of rotatable bonds is 5. The highest BCUT2D eigenvalue weighted by atomic mass is 16.5. The van der Waals surface area contributed by atoms with Gasteiger partial charge in [0, 0.05) is 29.7 Å². The lowest BCUT2D eigenvalue weighted by molar-refractivity contribution is -0.117. The smallest absolute Gasteiger partial charge is 0.267 e. The van der Waals surface area contributed by atoms with Crippen molar-refractivity contribution in [3.63, 3.8) is 0 Å². The van der Waals surface area contributed by atoms with Gasteiger partial charge in [-0.3, -0.25) is 9.59 Å². The third-order valence-corrected chi connectivity index (χ3v) is 4.07. The molecule has 134 valence electrons. The van der Waals surface area contributed by atoms with Gasteiger partial charge in [0.1, 0.15) is 12.3 Å². The summed E-state index contributed by atoms with van der Waals surface area (Å²) in [6, 6.07) is 4.82. The third-order valence-electron chi connectivity index (χ3n) is 4.07. The van der Waals surface area contributed by atoms with Crippen LogP contribution in [0.4, 0.5) is 5.82 Å². The maximum absolute atomic E-state index is 12.4. The summed E-state index contributed by atoms with van der Waals surface area (Å²) in [4.78, 5) is 24.6. The van der Waals surface area contributed by atoms with E-state index in [0.717, 1.165) is 28.9 Å². The maximum Gasteiger partial charge on any atom is 0.267 e. The van der Waals surface area contributed by atoms with Gasteiger partial charge in [0.15, 0.2) is 11.6 Å². The second-order valence-corrected chi connectivity index (χ2v) is 6.42. The first kappa shape index (κ1) is 16.2. The molecule has 9 heteroatoms. The summed E-state index contributed by atoms with van der Waals surface area (Å²) in [5, 5.41) is 14.6. The quantitative estimate of drug-likeness (QED) is 0.744. The summed E-state index contributed by atoms with van der Waals surface area (Å²) in [5.74, 6) is 1.26. The second kappa shape index (κ2) is 6.25. The largest absolute Gasteiger partial charge is 0.360 e. The number of carbonyl (C=O) groups excluding carboxylic acids is 1. The first-order valence-electron chi connectivity index (χ1n) is 8.28. The number of aryl methyl sites for hydroxylation is 2. The molecule has 1 aliphatic carbocycles. The Morgan fingerprint density at radius 1 is 1.23 bits per heavy atom. The molecule has 1 fully saturated rings. The van der Waals surface area contributed by atoms with Crippen LogP contribution in [0.2, 0.25) is 0 Å². The fraction of sp³-hybridized carbons (Fsp3) is 0.353. The van der Waals surface area contributed by atoms with Crippen LogP contribution in [0, 0.1) is 13.8 Å². The highest BCUT2D eigenvalue weighted by Crippen LogP contribution is 2.42. The van der Waals surface area contributed by atoms with E-state index < -0.39 is 5.91 Å². The van der Waals surface area contributed by atoms with Gasteiger partial charge in [0.25, 0.3) is 5.56 Å². The zero-order chi connectivity index (χ0) is 18.3. The van der Waals surface area contributed by atoms with E-state index in [0.29, 0.717) is 22.9 Å². The van der Waals surface area contributed by atoms with Crippen molar-refractivity contribution >= 4 is 11.7 Å². The van der Waals surface area contributed by atoms with Gasteiger partial charge in [0.05, 0.1) is 11.4 Å². The topological polar surface area (TPSA) is 116 Å². The van der Waals surface area contributed by atoms with Crippen LogP contribution in [-0.2, 0) is 11.3 Å². The SMILES string of the molecule is Cc1cc(-c2cc(=O)n(CC(=O)Nc3cc(C)on3)nc2C2CC2)on1. The van der Waals surface area contributed by atoms with E-state index in [1.54, 1.807) is 19.1 Å². The fourth-order valence-electron chi connectivity index (χ4n) is 2.71. The molecule has 3 aromatic rings. The molecule has 3 aromatic heterocycles. The van der Waals surface area contributed by atoms with Gasteiger partial charge >= 0.3 is 0 Å². The molecule has 1 aliphatic rings. The van der Waals surface area contributed by atoms with E-state index in [1.165, 1.54) is 6.07 Å². The van der Waals surface area contributed by atoms with Crippen LogP contribution in [0.15, 0.2) is 32.0 Å². The molecule has 1 amide bonds. The average Bonchev–Trinajstić information content (AvgIpc) is 3.23. The Bertz CT molecular complexity index is 1030. The van der Waals surface area contributed by atoms with E-state index >= 15 is 0 Å². The number of aromatic nitrogens is 4. The normalized spacial score (nSPS) is 13.8. The number of anilines is 1. The highest BCUT2D eigenvalue weighted by Gasteiger charge is 2.30. The minimum absolute atomic E-state index is 0.208. The predicted molar refractivity (Wildman–Crippen MR) is 90.6 cm³/mol. The number of nitrogens with zero attached hydrogens (tertiary/aromatic N) is 4. The zero-order valence-electron chi connectivity index (χ0n) is 14.4. The number of hydrogen-bond donors (Lipinski definition) is 1. The minimum atomic E-state index is -0.405. The molecule has 0 unspecified atom stereocenters. The van der Waals surface area contributed by atoms with E-state index in [2.05, 4.69) is 20.7 Å². The fourth-order valence-corrected chi connectivity index (χ4v) is 2.71. The van der Waals surface area contributed by atoms with Crippen molar-refractivity contribution in [2.45, 2.75) is 39.2 Å². The van der Waals surface area contributed by atoms with Crippen LogP contribution in [0.3, 0.4) is 0 Å². The monoisotopic (exact) mass is 355 g/mol. The molecule has 0 atom stereocenters. The average molecular weight is 355 g/mol. The number of carbonyl (C=O) groups is 1. The van der Waals surface area contributed by atoms with Crippen LogP contribution in [0.1, 0.15) is 35.9 Å². The van der Waals surface area contributed by atoms with Gasteiger partial charge in [0.2, 0.25) is 5.91 Å². The van der Waals surface area contributed by atoms with Crippen molar-refractivity contribution in [2.75, 3.05) is 5.32 Å². The number of amides is 1.